The summed E-state index contributed by atoms with van der Waals surface area (Å²) in [6.07, 6.45) is 2.12. The average Bonchev–Trinajstić information content (AvgIpc) is 2.37. The highest BCUT2D eigenvalue weighted by Crippen LogP contribution is 2.27. The minimum Gasteiger partial charge on any atom is -0.393 e. The largest absolute Gasteiger partial charge is 0.393 e. The molecule has 1 amide bonds. The van der Waals surface area contributed by atoms with Gasteiger partial charge in [0.25, 0.3) is 5.91 Å². The normalized spacial score (nSPS) is 23.1. The van der Waals surface area contributed by atoms with Crippen molar-refractivity contribution in [1.82, 2.24) is 0 Å². The number of halogens is 2. The predicted octanol–water partition coefficient (Wildman–Crippen LogP) is 1.78. The van der Waals surface area contributed by atoms with Crippen LogP contribution in [-0.2, 0) is 0 Å². The molecule has 0 spiro atoms. The number of primary amides is 1. The number of aliphatic hydroxyl groups excluding tert-OH is 1. The highest BCUT2D eigenvalue weighted by atomic mass is 19.2. The van der Waals surface area contributed by atoms with E-state index in [4.69, 9.17) is 5.73 Å². The molecule has 0 radical (unpaired) electrons. The molecule has 0 saturated heterocycles. The molecule has 0 heterocycles. The molecule has 0 bridgehead atoms. The van der Waals surface area contributed by atoms with E-state index in [0.717, 1.165) is 6.07 Å². The molecule has 0 atom stereocenters. The first-order valence-corrected chi connectivity index (χ1v) is 6.21. The monoisotopic (exact) mass is 270 g/mol. The Labute approximate surface area is 109 Å². The lowest BCUT2D eigenvalue weighted by molar-refractivity contribution is 0.1000. The summed E-state index contributed by atoms with van der Waals surface area (Å²) in [5.41, 5.74) is 4.90. The van der Waals surface area contributed by atoms with Crippen molar-refractivity contribution in [1.29, 1.82) is 0 Å². The van der Waals surface area contributed by atoms with Gasteiger partial charge in [-0.15, -0.1) is 0 Å². The van der Waals surface area contributed by atoms with E-state index in [1.54, 1.807) is 0 Å². The Morgan fingerprint density at radius 3 is 2.47 bits per heavy atom. The van der Waals surface area contributed by atoms with E-state index in [1.807, 2.05) is 0 Å². The molecule has 0 unspecified atom stereocenters. The molecule has 1 aromatic rings. The first kappa shape index (κ1) is 13.7. The quantitative estimate of drug-likeness (QED) is 0.783. The highest BCUT2D eigenvalue weighted by molar-refractivity contribution is 5.98. The Hall–Kier alpha value is -1.69. The molecular weight excluding hydrogens is 254 g/mol. The molecule has 1 fully saturated rings. The zero-order chi connectivity index (χ0) is 14.0. The molecule has 4 N–H and O–H groups in total. The molecule has 104 valence electrons. The number of hydrogen-bond donors (Lipinski definition) is 3. The number of anilines is 1. The molecule has 6 heteroatoms. The van der Waals surface area contributed by atoms with E-state index >= 15 is 0 Å². The number of aliphatic hydroxyl groups is 1. The minimum atomic E-state index is -1.09. The van der Waals surface area contributed by atoms with Crippen LogP contribution in [0.25, 0.3) is 0 Å². The maximum absolute atomic E-state index is 13.8. The van der Waals surface area contributed by atoms with Crippen molar-refractivity contribution < 1.29 is 18.7 Å². The molecule has 1 aliphatic carbocycles. The Morgan fingerprint density at radius 1 is 1.26 bits per heavy atom. The van der Waals surface area contributed by atoms with Gasteiger partial charge in [-0.3, -0.25) is 4.79 Å². The van der Waals surface area contributed by atoms with Gasteiger partial charge in [0.1, 0.15) is 0 Å². The van der Waals surface area contributed by atoms with Crippen LogP contribution in [0.2, 0.25) is 0 Å². The summed E-state index contributed by atoms with van der Waals surface area (Å²) in [6, 6.07) is 1.95. The number of nitrogens with one attached hydrogen (secondary N) is 1. The Morgan fingerprint density at radius 2 is 1.89 bits per heavy atom. The fraction of sp³-hybridized carbons (Fsp3) is 0.462. The van der Waals surface area contributed by atoms with E-state index in [0.29, 0.717) is 25.7 Å². The summed E-state index contributed by atoms with van der Waals surface area (Å²) < 4.78 is 27.0. The predicted molar refractivity (Wildman–Crippen MR) is 66.8 cm³/mol. The first-order valence-electron chi connectivity index (χ1n) is 6.21. The summed E-state index contributed by atoms with van der Waals surface area (Å²) in [6.45, 7) is 0. The van der Waals surface area contributed by atoms with Crippen LogP contribution in [0.5, 0.6) is 0 Å². The number of benzene rings is 1. The van der Waals surface area contributed by atoms with Gasteiger partial charge in [-0.1, -0.05) is 0 Å². The van der Waals surface area contributed by atoms with Crippen LogP contribution in [-0.4, -0.2) is 23.2 Å². The fourth-order valence-electron chi connectivity index (χ4n) is 2.32. The average molecular weight is 270 g/mol. The minimum absolute atomic E-state index is 0.0648. The third-order valence-electron chi connectivity index (χ3n) is 3.41. The second kappa shape index (κ2) is 5.52. The van der Waals surface area contributed by atoms with Crippen LogP contribution >= 0.6 is 0 Å². The molecule has 4 nitrogen and oxygen atoms in total. The lowest BCUT2D eigenvalue weighted by atomic mass is 9.92. The molecule has 0 aliphatic heterocycles. The standard InChI is InChI=1S/C13H16F2N2O2/c14-10-6-5-9(13(16)19)12(11(10)15)17-7-1-3-8(18)4-2-7/h5-8,17-18H,1-4H2,(H2,16,19). The highest BCUT2D eigenvalue weighted by Gasteiger charge is 2.23. The number of nitrogens with two attached hydrogens (primary N) is 1. The van der Waals surface area contributed by atoms with Crippen LogP contribution in [0.3, 0.4) is 0 Å². The maximum atomic E-state index is 13.8. The maximum Gasteiger partial charge on any atom is 0.250 e. The van der Waals surface area contributed by atoms with Crippen molar-refractivity contribution in [2.75, 3.05) is 5.32 Å². The lowest BCUT2D eigenvalue weighted by Crippen LogP contribution is -2.30. The van der Waals surface area contributed by atoms with Crippen LogP contribution in [0.15, 0.2) is 12.1 Å². The van der Waals surface area contributed by atoms with Crippen molar-refractivity contribution in [2.24, 2.45) is 5.73 Å². The van der Waals surface area contributed by atoms with Gasteiger partial charge in [-0.25, -0.2) is 8.78 Å². The Balaban J connectivity index is 2.23. The topological polar surface area (TPSA) is 75.4 Å². The second-order valence-electron chi connectivity index (χ2n) is 4.80. The summed E-state index contributed by atoms with van der Waals surface area (Å²) in [5.74, 6) is -2.93. The van der Waals surface area contributed by atoms with Crippen LogP contribution in [0, 0.1) is 11.6 Å². The van der Waals surface area contributed by atoms with Gasteiger partial charge in [0.2, 0.25) is 0 Å². The van der Waals surface area contributed by atoms with Gasteiger partial charge in [-0.2, -0.15) is 0 Å². The molecule has 1 saturated carbocycles. The van der Waals surface area contributed by atoms with Gasteiger partial charge in [-0.05, 0) is 37.8 Å². The molecule has 19 heavy (non-hydrogen) atoms. The van der Waals surface area contributed by atoms with Gasteiger partial charge in [0.15, 0.2) is 11.6 Å². The number of carbonyl (C=O) groups is 1. The fourth-order valence-corrected chi connectivity index (χ4v) is 2.32. The van der Waals surface area contributed by atoms with Gasteiger partial charge in [0, 0.05) is 6.04 Å². The van der Waals surface area contributed by atoms with E-state index in [1.165, 1.54) is 6.07 Å². The second-order valence-corrected chi connectivity index (χ2v) is 4.80. The van der Waals surface area contributed by atoms with Gasteiger partial charge >= 0.3 is 0 Å². The Kier molecular flexibility index (Phi) is 3.99. The molecule has 1 aliphatic rings. The number of carbonyl (C=O) groups excluding carboxylic acids is 1. The van der Waals surface area contributed by atoms with Crippen LogP contribution in [0.1, 0.15) is 36.0 Å². The zero-order valence-corrected chi connectivity index (χ0v) is 10.3. The Bertz CT molecular complexity index is 486. The van der Waals surface area contributed by atoms with Crippen molar-refractivity contribution in [3.63, 3.8) is 0 Å². The SMILES string of the molecule is NC(=O)c1ccc(F)c(F)c1NC1CCC(O)CC1. The number of amides is 1. The van der Waals surface area contributed by atoms with E-state index in [2.05, 4.69) is 5.32 Å². The third-order valence-corrected chi connectivity index (χ3v) is 3.41. The molecule has 2 rings (SSSR count). The zero-order valence-electron chi connectivity index (χ0n) is 10.3. The lowest BCUT2D eigenvalue weighted by Gasteiger charge is -2.27. The van der Waals surface area contributed by atoms with Crippen molar-refractivity contribution >= 4 is 11.6 Å². The molecular formula is C13H16F2N2O2. The van der Waals surface area contributed by atoms with E-state index in [9.17, 15) is 18.7 Å². The molecule has 0 aromatic heterocycles. The third kappa shape index (κ3) is 3.01. The van der Waals surface area contributed by atoms with Crippen molar-refractivity contribution in [2.45, 2.75) is 37.8 Å². The van der Waals surface area contributed by atoms with E-state index < -0.39 is 17.5 Å². The number of rotatable bonds is 3. The van der Waals surface area contributed by atoms with Gasteiger partial charge < -0.3 is 16.2 Å². The van der Waals surface area contributed by atoms with E-state index in [-0.39, 0.29) is 23.4 Å². The summed E-state index contributed by atoms with van der Waals surface area (Å²) in [5, 5.41) is 12.2. The first-order chi connectivity index (χ1) is 8.99. The number of hydrogen-bond acceptors (Lipinski definition) is 3. The molecule has 1 aromatic carbocycles. The summed E-state index contributed by atoms with van der Waals surface area (Å²) >= 11 is 0. The van der Waals surface area contributed by atoms with Crippen molar-refractivity contribution in [3.05, 3.63) is 29.3 Å². The summed E-state index contributed by atoms with van der Waals surface area (Å²) in [4.78, 5) is 11.2. The van der Waals surface area contributed by atoms with Crippen LogP contribution < -0.4 is 11.1 Å². The van der Waals surface area contributed by atoms with Crippen LogP contribution in [0.4, 0.5) is 14.5 Å². The van der Waals surface area contributed by atoms with Gasteiger partial charge in [0.05, 0.1) is 17.4 Å². The van der Waals surface area contributed by atoms with Crippen molar-refractivity contribution in [3.8, 4) is 0 Å². The smallest absolute Gasteiger partial charge is 0.250 e. The summed E-state index contributed by atoms with van der Waals surface area (Å²) in [7, 11) is 0.